The van der Waals surface area contributed by atoms with Gasteiger partial charge in [0.1, 0.15) is 6.17 Å². The van der Waals surface area contributed by atoms with Crippen LogP contribution in [0.3, 0.4) is 0 Å². The Morgan fingerprint density at radius 3 is 3.00 bits per heavy atom. The molecule has 0 aromatic heterocycles. The molecule has 2 nitrogen and oxygen atoms in total. The highest BCUT2D eigenvalue weighted by Crippen LogP contribution is 2.19. The molecule has 0 saturated carbocycles. The lowest BCUT2D eigenvalue weighted by Gasteiger charge is -2.22. The maximum Gasteiger partial charge on any atom is 0.113 e. The molecule has 0 amide bonds. The normalized spacial score (nSPS) is 28.4. The van der Waals surface area contributed by atoms with Gasteiger partial charge >= 0.3 is 0 Å². The zero-order chi connectivity index (χ0) is 8.10. The van der Waals surface area contributed by atoms with Gasteiger partial charge in [-0.15, -0.1) is 0 Å². The molecular formula is C8H16FNO. The smallest absolute Gasteiger partial charge is 0.113 e. The van der Waals surface area contributed by atoms with Crippen molar-refractivity contribution in [3.05, 3.63) is 0 Å². The number of hydrogen-bond donors (Lipinski definition) is 1. The Kier molecular flexibility index (Phi) is 3.80. The monoisotopic (exact) mass is 161 g/mol. The van der Waals surface area contributed by atoms with Crippen LogP contribution in [0.1, 0.15) is 19.3 Å². The third-order valence-corrected chi connectivity index (χ3v) is 2.10. The molecule has 1 fully saturated rings. The summed E-state index contributed by atoms with van der Waals surface area (Å²) in [5, 5.41) is 0. The van der Waals surface area contributed by atoms with Gasteiger partial charge in [0.15, 0.2) is 0 Å². The maximum atomic E-state index is 12.7. The van der Waals surface area contributed by atoms with E-state index >= 15 is 0 Å². The summed E-state index contributed by atoms with van der Waals surface area (Å²) in [5.74, 6) is 0.405. The summed E-state index contributed by atoms with van der Waals surface area (Å²) in [6.07, 6.45) is 1.92. The molecule has 0 aliphatic carbocycles. The van der Waals surface area contributed by atoms with E-state index in [1.54, 1.807) is 0 Å². The van der Waals surface area contributed by atoms with Crippen molar-refractivity contribution in [3.8, 4) is 0 Å². The molecule has 1 heterocycles. The summed E-state index contributed by atoms with van der Waals surface area (Å²) in [7, 11) is 0. The summed E-state index contributed by atoms with van der Waals surface area (Å²) >= 11 is 0. The minimum atomic E-state index is -0.832. The molecule has 3 heteroatoms. The highest BCUT2D eigenvalue weighted by molar-refractivity contribution is 4.68. The van der Waals surface area contributed by atoms with Crippen LogP contribution in [0.15, 0.2) is 0 Å². The molecule has 0 radical (unpaired) electrons. The topological polar surface area (TPSA) is 35.2 Å². The molecule has 2 atom stereocenters. The third kappa shape index (κ3) is 3.16. The number of alkyl halides is 1. The molecule has 66 valence electrons. The SMILES string of the molecule is NC[C@H](F)C[C@H]1CCCOC1. The summed E-state index contributed by atoms with van der Waals surface area (Å²) in [4.78, 5) is 0. The fourth-order valence-corrected chi connectivity index (χ4v) is 1.45. The predicted octanol–water partition coefficient (Wildman–Crippen LogP) is 1.10. The highest BCUT2D eigenvalue weighted by Gasteiger charge is 2.17. The standard InChI is InChI=1S/C8H16FNO/c9-8(5-10)4-7-2-1-3-11-6-7/h7-8H,1-6,10H2/t7-,8-/m1/s1. The van der Waals surface area contributed by atoms with E-state index in [1.165, 1.54) is 0 Å². The first kappa shape index (κ1) is 8.94. The van der Waals surface area contributed by atoms with Crippen LogP contribution in [0, 0.1) is 5.92 Å². The van der Waals surface area contributed by atoms with Gasteiger partial charge in [0.25, 0.3) is 0 Å². The van der Waals surface area contributed by atoms with Gasteiger partial charge < -0.3 is 10.5 Å². The van der Waals surface area contributed by atoms with Crippen molar-refractivity contribution < 1.29 is 9.13 Å². The van der Waals surface area contributed by atoms with Crippen LogP contribution in [0.4, 0.5) is 4.39 Å². The lowest BCUT2D eigenvalue weighted by molar-refractivity contribution is 0.0423. The predicted molar refractivity (Wildman–Crippen MR) is 42.1 cm³/mol. The molecule has 1 aliphatic heterocycles. The number of halogens is 1. The number of hydrogen-bond acceptors (Lipinski definition) is 2. The lowest BCUT2D eigenvalue weighted by atomic mass is 9.96. The Balaban J connectivity index is 2.13. The van der Waals surface area contributed by atoms with Crippen molar-refractivity contribution in [2.24, 2.45) is 11.7 Å². The van der Waals surface area contributed by atoms with E-state index in [1.807, 2.05) is 0 Å². The van der Waals surface area contributed by atoms with Gasteiger partial charge in [0, 0.05) is 19.8 Å². The molecule has 1 rings (SSSR count). The molecule has 0 unspecified atom stereocenters. The van der Waals surface area contributed by atoms with Gasteiger partial charge in [-0.05, 0) is 25.2 Å². The molecule has 0 aromatic carbocycles. The first-order valence-electron chi connectivity index (χ1n) is 4.25. The fraction of sp³-hybridized carbons (Fsp3) is 1.00. The minimum Gasteiger partial charge on any atom is -0.381 e. The number of nitrogens with two attached hydrogens (primary N) is 1. The van der Waals surface area contributed by atoms with Crippen LogP contribution in [0.5, 0.6) is 0 Å². The van der Waals surface area contributed by atoms with E-state index in [9.17, 15) is 4.39 Å². The first-order chi connectivity index (χ1) is 5.33. The Bertz CT molecular complexity index is 104. The summed E-state index contributed by atoms with van der Waals surface area (Å²) in [5.41, 5.74) is 5.17. The van der Waals surface area contributed by atoms with Crippen LogP contribution in [0.25, 0.3) is 0 Å². The van der Waals surface area contributed by atoms with E-state index in [-0.39, 0.29) is 6.54 Å². The molecule has 0 aromatic rings. The van der Waals surface area contributed by atoms with Crippen LogP contribution in [0.2, 0.25) is 0 Å². The van der Waals surface area contributed by atoms with Crippen molar-refractivity contribution in [2.75, 3.05) is 19.8 Å². The van der Waals surface area contributed by atoms with Crippen molar-refractivity contribution in [1.29, 1.82) is 0 Å². The Labute approximate surface area is 66.9 Å². The van der Waals surface area contributed by atoms with E-state index in [0.29, 0.717) is 12.3 Å². The second kappa shape index (κ2) is 4.67. The Morgan fingerprint density at radius 2 is 2.45 bits per heavy atom. The van der Waals surface area contributed by atoms with Crippen LogP contribution < -0.4 is 5.73 Å². The molecule has 1 aliphatic rings. The second-order valence-corrected chi connectivity index (χ2v) is 3.15. The first-order valence-corrected chi connectivity index (χ1v) is 4.25. The molecule has 2 N–H and O–H groups in total. The van der Waals surface area contributed by atoms with E-state index in [0.717, 1.165) is 26.1 Å². The van der Waals surface area contributed by atoms with Crippen LogP contribution >= 0.6 is 0 Å². The lowest BCUT2D eigenvalue weighted by Crippen LogP contribution is -2.24. The quantitative estimate of drug-likeness (QED) is 0.672. The zero-order valence-corrected chi connectivity index (χ0v) is 6.76. The van der Waals surface area contributed by atoms with Gasteiger partial charge in [-0.2, -0.15) is 0 Å². The molecular weight excluding hydrogens is 145 g/mol. The largest absolute Gasteiger partial charge is 0.381 e. The second-order valence-electron chi connectivity index (χ2n) is 3.15. The average Bonchev–Trinajstić information content (AvgIpc) is 2.06. The van der Waals surface area contributed by atoms with Gasteiger partial charge in [0.05, 0.1) is 0 Å². The van der Waals surface area contributed by atoms with Gasteiger partial charge in [0.2, 0.25) is 0 Å². The Morgan fingerprint density at radius 1 is 1.64 bits per heavy atom. The van der Waals surface area contributed by atoms with Crippen LogP contribution in [-0.2, 0) is 4.74 Å². The minimum absolute atomic E-state index is 0.149. The fourth-order valence-electron chi connectivity index (χ4n) is 1.45. The zero-order valence-electron chi connectivity index (χ0n) is 6.76. The van der Waals surface area contributed by atoms with E-state index in [4.69, 9.17) is 10.5 Å². The van der Waals surface area contributed by atoms with Gasteiger partial charge in [-0.1, -0.05) is 0 Å². The van der Waals surface area contributed by atoms with Crippen molar-refractivity contribution >= 4 is 0 Å². The molecule has 0 spiro atoms. The van der Waals surface area contributed by atoms with Crippen molar-refractivity contribution in [1.82, 2.24) is 0 Å². The van der Waals surface area contributed by atoms with E-state index < -0.39 is 6.17 Å². The third-order valence-electron chi connectivity index (χ3n) is 2.10. The molecule has 1 saturated heterocycles. The number of rotatable bonds is 3. The average molecular weight is 161 g/mol. The summed E-state index contributed by atoms with van der Waals surface area (Å²) < 4.78 is 18.0. The van der Waals surface area contributed by atoms with Crippen LogP contribution in [-0.4, -0.2) is 25.9 Å². The molecule has 0 bridgehead atoms. The number of ether oxygens (including phenoxy) is 1. The Hall–Kier alpha value is -0.150. The van der Waals surface area contributed by atoms with Gasteiger partial charge in [-0.3, -0.25) is 0 Å². The van der Waals surface area contributed by atoms with E-state index in [2.05, 4.69) is 0 Å². The van der Waals surface area contributed by atoms with Crippen molar-refractivity contribution in [3.63, 3.8) is 0 Å². The summed E-state index contributed by atoms with van der Waals surface area (Å²) in [6, 6.07) is 0. The molecule has 11 heavy (non-hydrogen) atoms. The maximum absolute atomic E-state index is 12.7. The van der Waals surface area contributed by atoms with Crippen molar-refractivity contribution in [2.45, 2.75) is 25.4 Å². The van der Waals surface area contributed by atoms with Gasteiger partial charge in [-0.25, -0.2) is 4.39 Å². The highest BCUT2D eigenvalue weighted by atomic mass is 19.1. The summed E-state index contributed by atoms with van der Waals surface area (Å²) in [6.45, 7) is 1.72.